The maximum atomic E-state index is 9.87. The van der Waals surface area contributed by atoms with Gasteiger partial charge in [-0.25, -0.2) is 0 Å². The summed E-state index contributed by atoms with van der Waals surface area (Å²) in [6, 6.07) is 12.3. The zero-order chi connectivity index (χ0) is 18.1. The molecule has 0 aliphatic carbocycles. The summed E-state index contributed by atoms with van der Waals surface area (Å²) < 4.78 is 65.8. The summed E-state index contributed by atoms with van der Waals surface area (Å²) in [5.41, 5.74) is 0. The van der Waals surface area contributed by atoms with Crippen molar-refractivity contribution < 1.29 is 25.2 Å². The van der Waals surface area contributed by atoms with E-state index in [-0.39, 0.29) is 0 Å². The Hall–Kier alpha value is -1.24. The molecule has 3 heterocycles. The monoisotopic (exact) mass is 453 g/mol. The Morgan fingerprint density at radius 3 is 0.875 bits per heavy atom. The van der Waals surface area contributed by atoms with Crippen LogP contribution in [0.3, 0.4) is 0 Å². The second kappa shape index (κ2) is 5.64. The molecule has 0 fully saturated rings. The standard InChI is InChI=1S/C12H12BrN3P.F6P/c13-17(14-7-1-2-8-14,15-9-3-4-10-15)16-11-5-6-12-16;1-7(2,3,4,5)6/h1-12H;/q+1;-1. The molecule has 0 aliphatic heterocycles. The fourth-order valence-corrected chi connectivity index (χ4v) is 5.94. The average molecular weight is 454 g/mol. The predicted octanol–water partition coefficient (Wildman–Crippen LogP) is 7.49. The Kier molecular flexibility index (Phi) is 4.49. The van der Waals surface area contributed by atoms with Gasteiger partial charge in [-0.3, -0.25) is 0 Å². The molecule has 0 radical (unpaired) electrons. The van der Waals surface area contributed by atoms with E-state index >= 15 is 0 Å². The molecule has 0 aliphatic rings. The number of halogens is 7. The number of rotatable bonds is 3. The molecule has 0 unspecified atom stereocenters. The Morgan fingerprint density at radius 1 is 0.542 bits per heavy atom. The van der Waals surface area contributed by atoms with Crippen molar-refractivity contribution in [1.29, 1.82) is 0 Å². The number of aromatic nitrogens is 3. The van der Waals surface area contributed by atoms with E-state index in [0.717, 1.165) is 0 Å². The summed E-state index contributed by atoms with van der Waals surface area (Å²) in [5, 5.41) is 0. The minimum atomic E-state index is -10.7. The molecule has 0 atom stereocenters. The molecule has 24 heavy (non-hydrogen) atoms. The van der Waals surface area contributed by atoms with Crippen molar-refractivity contribution in [3.63, 3.8) is 0 Å². The first-order valence-electron chi connectivity index (χ1n) is 6.33. The molecule has 3 nitrogen and oxygen atoms in total. The second-order valence-corrected chi connectivity index (χ2v) is 11.8. The van der Waals surface area contributed by atoms with Crippen LogP contribution in [0.5, 0.6) is 0 Å². The van der Waals surface area contributed by atoms with Crippen molar-refractivity contribution in [2.24, 2.45) is 0 Å². The van der Waals surface area contributed by atoms with Crippen LogP contribution in [0.1, 0.15) is 0 Å². The van der Waals surface area contributed by atoms with Gasteiger partial charge in [0.1, 0.15) is 0 Å². The molecule has 0 saturated heterocycles. The van der Waals surface area contributed by atoms with E-state index in [0.29, 0.717) is 0 Å². The molecule has 3 rings (SSSR count). The van der Waals surface area contributed by atoms with E-state index < -0.39 is 14.2 Å². The molecule has 0 amide bonds. The van der Waals surface area contributed by atoms with Crippen molar-refractivity contribution in [3.05, 3.63) is 73.6 Å². The van der Waals surface area contributed by atoms with Gasteiger partial charge in [-0.05, 0) is 36.4 Å². The van der Waals surface area contributed by atoms with E-state index in [9.17, 15) is 25.2 Å². The first kappa shape index (κ1) is 19.1. The van der Waals surface area contributed by atoms with Gasteiger partial charge in [0.2, 0.25) is 15.5 Å². The van der Waals surface area contributed by atoms with E-state index in [1.165, 1.54) is 0 Å². The SMILES string of the molecule is Br[P+](n1cccc1)(n1cccc1)n1cccc1.F[P-](F)(F)(F)(F)F. The van der Waals surface area contributed by atoms with Crippen molar-refractivity contribution >= 4 is 29.7 Å². The number of hydrogen-bond acceptors (Lipinski definition) is 0. The van der Waals surface area contributed by atoms with E-state index in [1.54, 1.807) is 0 Å². The van der Waals surface area contributed by atoms with Crippen LogP contribution < -0.4 is 0 Å². The van der Waals surface area contributed by atoms with Gasteiger partial charge in [0, 0.05) is 37.2 Å². The summed E-state index contributed by atoms with van der Waals surface area (Å²) in [6.07, 6.45) is 10.7. The van der Waals surface area contributed by atoms with Gasteiger partial charge in [0.15, 0.2) is 0 Å². The minimum absolute atomic E-state index is 1.82. The number of hydrogen-bond donors (Lipinski definition) is 0. The maximum absolute atomic E-state index is 10.7. The predicted molar refractivity (Wildman–Crippen MR) is 88.9 cm³/mol. The third-order valence-electron chi connectivity index (χ3n) is 2.65. The molecule has 0 aromatic carbocycles. The Balaban J connectivity index is 0.000000256. The summed E-state index contributed by atoms with van der Waals surface area (Å²) in [7, 11) is -10.7. The zero-order valence-electron chi connectivity index (χ0n) is 11.8. The Labute approximate surface area is 142 Å². The fraction of sp³-hybridized carbons (Fsp3) is 0. The molecule has 0 saturated carbocycles. The van der Waals surface area contributed by atoms with Crippen molar-refractivity contribution in [2.75, 3.05) is 0 Å². The summed E-state index contributed by atoms with van der Waals surface area (Å²) >= 11 is 3.95. The van der Waals surface area contributed by atoms with Gasteiger partial charge in [0.05, 0.1) is 0 Å². The third-order valence-corrected chi connectivity index (χ3v) is 8.51. The van der Waals surface area contributed by atoms with E-state index in [2.05, 4.69) is 65.7 Å². The molecule has 0 N–H and O–H groups in total. The topological polar surface area (TPSA) is 14.8 Å². The van der Waals surface area contributed by atoms with Gasteiger partial charge in [-0.1, -0.05) is 0 Å². The Bertz CT molecular complexity index is 671. The third kappa shape index (κ3) is 5.69. The van der Waals surface area contributed by atoms with Crippen LogP contribution in [0.25, 0.3) is 0 Å². The van der Waals surface area contributed by atoms with E-state index in [4.69, 9.17) is 0 Å². The first-order chi connectivity index (χ1) is 10.8. The molecular formula is C12H12BrF6N3P2. The molecule has 3 aromatic rings. The summed E-state index contributed by atoms with van der Waals surface area (Å²) in [6.45, 7) is 0. The van der Waals surface area contributed by atoms with Crippen LogP contribution in [0, 0.1) is 0 Å². The van der Waals surface area contributed by atoms with Crippen molar-refractivity contribution in [1.82, 2.24) is 13.0 Å². The van der Waals surface area contributed by atoms with Gasteiger partial charge in [-0.2, -0.15) is 13.0 Å². The van der Waals surface area contributed by atoms with Crippen LogP contribution >= 0.6 is 29.7 Å². The van der Waals surface area contributed by atoms with Crippen molar-refractivity contribution in [3.8, 4) is 0 Å². The van der Waals surface area contributed by atoms with Gasteiger partial charge in [-0.15, -0.1) is 0 Å². The first-order valence-corrected chi connectivity index (χ1v) is 12.0. The van der Waals surface area contributed by atoms with Crippen LogP contribution in [-0.2, 0) is 0 Å². The molecule has 0 spiro atoms. The van der Waals surface area contributed by atoms with Crippen LogP contribution in [0.15, 0.2) is 73.6 Å². The normalized spacial score (nSPS) is 15.1. The number of nitrogens with zero attached hydrogens (tertiary/aromatic N) is 3. The fourth-order valence-electron chi connectivity index (χ4n) is 1.84. The molecule has 134 valence electrons. The summed E-state index contributed by atoms with van der Waals surface area (Å²) in [5.74, 6) is 0. The van der Waals surface area contributed by atoms with Crippen LogP contribution in [-0.4, -0.2) is 13.0 Å². The second-order valence-electron chi connectivity index (χ2n) is 4.64. The molecule has 3 aromatic heterocycles. The van der Waals surface area contributed by atoms with Gasteiger partial charge in [0.25, 0.3) is 0 Å². The van der Waals surface area contributed by atoms with Gasteiger partial charge < -0.3 is 0 Å². The Morgan fingerprint density at radius 2 is 0.708 bits per heavy atom. The van der Waals surface area contributed by atoms with E-state index in [1.807, 2.05) is 36.4 Å². The average Bonchev–Trinajstić information content (AvgIpc) is 3.16. The van der Waals surface area contributed by atoms with Crippen LogP contribution in [0.4, 0.5) is 25.2 Å². The quantitative estimate of drug-likeness (QED) is 0.288. The molecule has 12 heteroatoms. The van der Waals surface area contributed by atoms with Crippen LogP contribution in [0.2, 0.25) is 0 Å². The molecule has 0 bridgehead atoms. The molecular weight excluding hydrogens is 442 g/mol. The van der Waals surface area contributed by atoms with Gasteiger partial charge >= 0.3 is 39.4 Å². The van der Waals surface area contributed by atoms with Crippen molar-refractivity contribution in [2.45, 2.75) is 0 Å². The zero-order valence-corrected chi connectivity index (χ0v) is 15.2. The summed E-state index contributed by atoms with van der Waals surface area (Å²) in [4.78, 5) is 0.